The molecule has 0 N–H and O–H groups in total. The molecule has 4 atom stereocenters. The molecule has 0 aromatic heterocycles. The second-order valence-electron chi connectivity index (χ2n) is 7.24. The molecule has 2 heterocycles. The minimum atomic E-state index is -0.000744. The maximum atomic E-state index is 6.66. The Bertz CT molecular complexity index is 703. The van der Waals surface area contributed by atoms with E-state index in [4.69, 9.17) is 14.2 Å². The molecule has 2 saturated heterocycles. The van der Waals surface area contributed by atoms with E-state index in [1.807, 2.05) is 12.2 Å². The Hall–Kier alpha value is -2.20. The minimum Gasteiger partial charge on any atom is -0.373 e. The van der Waals surface area contributed by atoms with Gasteiger partial charge in [-0.1, -0.05) is 73.8 Å². The SMILES string of the molecule is C=Cc1ccc(C(CC2CO2)OC(CC2CO2)c2ccc(C=C)cc2)cc1. The Morgan fingerprint density at radius 3 is 1.44 bits per heavy atom. The lowest BCUT2D eigenvalue weighted by atomic mass is 10.00. The van der Waals surface area contributed by atoms with Gasteiger partial charge >= 0.3 is 0 Å². The Morgan fingerprint density at radius 2 is 1.15 bits per heavy atom. The van der Waals surface area contributed by atoms with Gasteiger partial charge in [0, 0.05) is 12.8 Å². The lowest BCUT2D eigenvalue weighted by molar-refractivity contribution is -0.0302. The zero-order chi connectivity index (χ0) is 18.6. The van der Waals surface area contributed by atoms with Crippen LogP contribution in [0.2, 0.25) is 0 Å². The van der Waals surface area contributed by atoms with Gasteiger partial charge in [0.05, 0.1) is 37.6 Å². The molecule has 0 radical (unpaired) electrons. The first-order valence-corrected chi connectivity index (χ1v) is 9.58. The highest BCUT2D eigenvalue weighted by atomic mass is 16.6. The molecule has 2 aromatic rings. The van der Waals surface area contributed by atoms with Gasteiger partial charge in [-0.25, -0.2) is 0 Å². The normalized spacial score (nSPS) is 22.7. The van der Waals surface area contributed by atoms with Gasteiger partial charge in [-0.15, -0.1) is 0 Å². The summed E-state index contributed by atoms with van der Waals surface area (Å²) in [4.78, 5) is 0. The van der Waals surface area contributed by atoms with Gasteiger partial charge in [-0.05, 0) is 22.3 Å². The molecule has 0 spiro atoms. The average Bonchev–Trinajstić information content (AvgIpc) is 3.63. The molecule has 4 unspecified atom stereocenters. The predicted molar refractivity (Wildman–Crippen MR) is 108 cm³/mol. The summed E-state index contributed by atoms with van der Waals surface area (Å²) in [6, 6.07) is 16.9. The van der Waals surface area contributed by atoms with Crippen molar-refractivity contribution < 1.29 is 14.2 Å². The highest BCUT2D eigenvalue weighted by molar-refractivity contribution is 5.48. The largest absolute Gasteiger partial charge is 0.373 e. The van der Waals surface area contributed by atoms with Gasteiger partial charge in [-0.2, -0.15) is 0 Å². The molecule has 2 aromatic carbocycles. The van der Waals surface area contributed by atoms with E-state index in [1.165, 1.54) is 11.1 Å². The van der Waals surface area contributed by atoms with Crippen LogP contribution in [0.4, 0.5) is 0 Å². The van der Waals surface area contributed by atoms with Crippen molar-refractivity contribution in [3.05, 3.63) is 83.9 Å². The highest BCUT2D eigenvalue weighted by Gasteiger charge is 2.33. The molecule has 3 nitrogen and oxygen atoms in total. The van der Waals surface area contributed by atoms with Crippen LogP contribution in [0.1, 0.15) is 47.3 Å². The van der Waals surface area contributed by atoms with E-state index in [9.17, 15) is 0 Å². The Kier molecular flexibility index (Phi) is 5.53. The monoisotopic (exact) mass is 362 g/mol. The number of ether oxygens (including phenoxy) is 3. The fourth-order valence-electron chi connectivity index (χ4n) is 3.32. The summed E-state index contributed by atoms with van der Waals surface area (Å²) in [5, 5.41) is 0. The zero-order valence-electron chi connectivity index (χ0n) is 15.6. The summed E-state index contributed by atoms with van der Waals surface area (Å²) in [6.45, 7) is 9.32. The first kappa shape index (κ1) is 18.2. The van der Waals surface area contributed by atoms with Crippen LogP contribution >= 0.6 is 0 Å². The van der Waals surface area contributed by atoms with Crippen molar-refractivity contribution >= 4 is 12.2 Å². The van der Waals surface area contributed by atoms with Gasteiger partial charge in [-0.3, -0.25) is 0 Å². The average molecular weight is 362 g/mol. The standard InChI is InChI=1S/C24H26O3/c1-3-17-5-9-19(10-6-17)23(13-21-15-25-21)27-24(14-22-16-26-22)20-11-7-18(4-2)8-12-20/h3-12,21-24H,1-2,13-16H2. The van der Waals surface area contributed by atoms with E-state index >= 15 is 0 Å². The third-order valence-corrected chi connectivity index (χ3v) is 5.18. The second kappa shape index (κ2) is 8.22. The first-order valence-electron chi connectivity index (χ1n) is 9.58. The molecular formula is C24H26O3. The summed E-state index contributed by atoms with van der Waals surface area (Å²) in [5.41, 5.74) is 4.59. The van der Waals surface area contributed by atoms with E-state index in [1.54, 1.807) is 0 Å². The van der Waals surface area contributed by atoms with Crippen molar-refractivity contribution in [3.8, 4) is 0 Å². The fraction of sp³-hybridized carbons (Fsp3) is 0.333. The molecule has 2 fully saturated rings. The Balaban J connectivity index is 1.55. The van der Waals surface area contributed by atoms with Crippen LogP contribution in [0, 0.1) is 0 Å². The van der Waals surface area contributed by atoms with E-state index < -0.39 is 0 Å². The van der Waals surface area contributed by atoms with Crippen molar-refractivity contribution in [2.24, 2.45) is 0 Å². The summed E-state index contributed by atoms with van der Waals surface area (Å²) < 4.78 is 17.6. The van der Waals surface area contributed by atoms with Crippen molar-refractivity contribution in [2.75, 3.05) is 13.2 Å². The van der Waals surface area contributed by atoms with Crippen molar-refractivity contribution in [2.45, 2.75) is 37.3 Å². The van der Waals surface area contributed by atoms with Crippen molar-refractivity contribution in [1.82, 2.24) is 0 Å². The van der Waals surface area contributed by atoms with E-state index in [2.05, 4.69) is 61.7 Å². The molecular weight excluding hydrogens is 336 g/mol. The van der Waals surface area contributed by atoms with Gasteiger partial charge in [0.25, 0.3) is 0 Å². The van der Waals surface area contributed by atoms with E-state index in [-0.39, 0.29) is 12.2 Å². The molecule has 27 heavy (non-hydrogen) atoms. The number of hydrogen-bond donors (Lipinski definition) is 0. The van der Waals surface area contributed by atoms with Crippen LogP contribution in [-0.4, -0.2) is 25.4 Å². The summed E-state index contributed by atoms with van der Waals surface area (Å²) in [5.74, 6) is 0. The number of rotatable bonds is 10. The molecule has 2 aliphatic heterocycles. The minimum absolute atomic E-state index is 0.000744. The lowest BCUT2D eigenvalue weighted by Gasteiger charge is -2.25. The predicted octanol–water partition coefficient (Wildman–Crippen LogP) is 5.35. The number of epoxide rings is 2. The number of benzene rings is 2. The maximum absolute atomic E-state index is 6.66. The first-order chi connectivity index (χ1) is 13.2. The third kappa shape index (κ3) is 4.95. The van der Waals surface area contributed by atoms with Gasteiger partial charge in [0.2, 0.25) is 0 Å². The summed E-state index contributed by atoms with van der Waals surface area (Å²) >= 11 is 0. The van der Waals surface area contributed by atoms with Crippen LogP contribution in [-0.2, 0) is 14.2 Å². The van der Waals surface area contributed by atoms with Gasteiger partial charge in [0.1, 0.15) is 0 Å². The van der Waals surface area contributed by atoms with Gasteiger partial charge in [0.15, 0.2) is 0 Å². The third-order valence-electron chi connectivity index (χ3n) is 5.18. The smallest absolute Gasteiger partial charge is 0.0858 e. The molecule has 140 valence electrons. The molecule has 3 heteroatoms. The van der Waals surface area contributed by atoms with Crippen molar-refractivity contribution in [3.63, 3.8) is 0 Å². The molecule has 4 rings (SSSR count). The quantitative estimate of drug-likeness (QED) is 0.534. The molecule has 0 amide bonds. The van der Waals surface area contributed by atoms with Crippen LogP contribution in [0.25, 0.3) is 12.2 Å². The molecule has 0 aliphatic carbocycles. The molecule has 2 aliphatic rings. The van der Waals surface area contributed by atoms with Crippen LogP contribution < -0.4 is 0 Å². The topological polar surface area (TPSA) is 34.3 Å². The summed E-state index contributed by atoms with van der Waals surface area (Å²) in [7, 11) is 0. The van der Waals surface area contributed by atoms with Crippen LogP contribution in [0.5, 0.6) is 0 Å². The lowest BCUT2D eigenvalue weighted by Crippen LogP contribution is -2.14. The van der Waals surface area contributed by atoms with Crippen LogP contribution in [0.3, 0.4) is 0 Å². The van der Waals surface area contributed by atoms with Gasteiger partial charge < -0.3 is 14.2 Å². The Labute approximate surface area is 161 Å². The Morgan fingerprint density at radius 1 is 0.778 bits per heavy atom. The van der Waals surface area contributed by atoms with Crippen LogP contribution in [0.15, 0.2) is 61.7 Å². The fourth-order valence-corrected chi connectivity index (χ4v) is 3.32. The molecule has 0 bridgehead atoms. The summed E-state index contributed by atoms with van der Waals surface area (Å²) in [6.07, 6.45) is 6.07. The van der Waals surface area contributed by atoms with E-state index in [0.29, 0.717) is 12.2 Å². The zero-order valence-corrected chi connectivity index (χ0v) is 15.6. The number of hydrogen-bond acceptors (Lipinski definition) is 3. The molecule has 0 saturated carbocycles. The van der Waals surface area contributed by atoms with E-state index in [0.717, 1.165) is 37.2 Å². The highest BCUT2D eigenvalue weighted by Crippen LogP contribution is 2.37. The second-order valence-corrected chi connectivity index (χ2v) is 7.24. The van der Waals surface area contributed by atoms with Crippen molar-refractivity contribution in [1.29, 1.82) is 0 Å². The maximum Gasteiger partial charge on any atom is 0.0858 e.